The number of benzene rings is 2. The topological polar surface area (TPSA) is 0 Å². The van der Waals surface area contributed by atoms with Gasteiger partial charge in [-0.2, -0.15) is 0 Å². The monoisotopic (exact) mass is 726 g/mol. The summed E-state index contributed by atoms with van der Waals surface area (Å²) in [5.74, 6) is 0.967. The minimum absolute atomic E-state index is 0.461. The van der Waals surface area contributed by atoms with E-state index >= 15 is 0 Å². The molecule has 0 nitrogen and oxygen atoms in total. The smallest absolute Gasteiger partial charge is 0.00210 e. The zero-order valence-corrected chi connectivity index (χ0v) is 36.6. The molecule has 2 rings (SSSR count). The fourth-order valence-electron chi connectivity index (χ4n) is 8.54. The van der Waals surface area contributed by atoms with Crippen molar-refractivity contribution >= 4 is 0 Å². The molecule has 0 bridgehead atoms. The van der Waals surface area contributed by atoms with Gasteiger partial charge in [0.05, 0.1) is 0 Å². The molecule has 0 amide bonds. The van der Waals surface area contributed by atoms with Crippen LogP contribution in [-0.4, -0.2) is 0 Å². The first-order chi connectivity index (χ1) is 26.1. The number of aryl methyl sites for hydroxylation is 4. The van der Waals surface area contributed by atoms with E-state index in [4.69, 9.17) is 0 Å². The largest absolute Gasteiger partial charge is 0.0804 e. The Morgan fingerprint density at radius 3 is 1.13 bits per heavy atom. The van der Waals surface area contributed by atoms with Crippen LogP contribution in [0.4, 0.5) is 0 Å². The van der Waals surface area contributed by atoms with Crippen LogP contribution in [0, 0.1) is 6.42 Å². The van der Waals surface area contributed by atoms with E-state index < -0.39 is 0 Å². The molecule has 1 radical (unpaired) electrons. The van der Waals surface area contributed by atoms with E-state index in [1.165, 1.54) is 185 Å². The predicted octanol–water partition coefficient (Wildman–Crippen LogP) is 17.7. The Labute approximate surface area is 333 Å². The summed E-state index contributed by atoms with van der Waals surface area (Å²) < 4.78 is 0. The highest BCUT2D eigenvalue weighted by Gasteiger charge is 2.15. The third kappa shape index (κ3) is 21.2. The molecule has 0 N–H and O–H groups in total. The lowest BCUT2D eigenvalue weighted by Gasteiger charge is -2.20. The quantitative estimate of drug-likeness (QED) is 0.0490. The van der Waals surface area contributed by atoms with Gasteiger partial charge >= 0.3 is 0 Å². The summed E-state index contributed by atoms with van der Waals surface area (Å²) in [5.41, 5.74) is 9.40. The molecule has 0 aliphatic carbocycles. The molecule has 2 unspecified atom stereocenters. The molecular weight excluding hydrogens is 637 g/mol. The van der Waals surface area contributed by atoms with E-state index in [-0.39, 0.29) is 0 Å². The van der Waals surface area contributed by atoms with Crippen LogP contribution in [0.5, 0.6) is 0 Å². The van der Waals surface area contributed by atoms with Gasteiger partial charge in [-0.1, -0.05) is 244 Å². The Morgan fingerprint density at radius 1 is 0.377 bits per heavy atom. The second kappa shape index (κ2) is 32.4. The number of hydrogen-bond acceptors (Lipinski definition) is 0. The van der Waals surface area contributed by atoms with E-state index in [1.54, 1.807) is 27.8 Å². The second-order valence-electron chi connectivity index (χ2n) is 16.7. The third-order valence-electron chi connectivity index (χ3n) is 11.8. The van der Waals surface area contributed by atoms with Crippen molar-refractivity contribution in [1.29, 1.82) is 0 Å². The summed E-state index contributed by atoms with van der Waals surface area (Å²) in [6.07, 6.45) is 48.3. The molecule has 0 heterocycles. The summed E-state index contributed by atoms with van der Waals surface area (Å²) in [6, 6.07) is 15.0. The van der Waals surface area contributed by atoms with Gasteiger partial charge in [0.25, 0.3) is 0 Å². The molecule has 0 aliphatic heterocycles. The van der Waals surface area contributed by atoms with Crippen LogP contribution in [-0.2, 0) is 25.7 Å². The first-order valence-corrected chi connectivity index (χ1v) is 23.8. The van der Waals surface area contributed by atoms with Crippen LogP contribution in [0.1, 0.15) is 254 Å². The maximum atomic E-state index is 2.63. The van der Waals surface area contributed by atoms with Gasteiger partial charge in [-0.25, -0.2) is 0 Å². The fourth-order valence-corrected chi connectivity index (χ4v) is 8.54. The number of unbranched alkanes of at least 4 members (excludes halogenated alkanes) is 19. The Bertz CT molecular complexity index is 1150. The highest BCUT2D eigenvalue weighted by atomic mass is 14.2. The maximum Gasteiger partial charge on any atom is 0.00210 e. The zero-order valence-electron chi connectivity index (χ0n) is 36.6. The average molecular weight is 726 g/mol. The van der Waals surface area contributed by atoms with Crippen LogP contribution in [0.15, 0.2) is 48.6 Å². The average Bonchev–Trinajstić information content (AvgIpc) is 3.16. The molecule has 0 saturated heterocycles. The highest BCUT2D eigenvalue weighted by Crippen LogP contribution is 2.32. The van der Waals surface area contributed by atoms with E-state index in [2.05, 4.69) is 96.5 Å². The minimum atomic E-state index is 0.461. The second-order valence-corrected chi connectivity index (χ2v) is 16.7. The van der Waals surface area contributed by atoms with Crippen molar-refractivity contribution in [2.75, 3.05) is 0 Å². The first kappa shape index (κ1) is 47.3. The summed E-state index contributed by atoms with van der Waals surface area (Å²) >= 11 is 0. The molecule has 0 saturated carbocycles. The van der Waals surface area contributed by atoms with Crippen molar-refractivity contribution in [2.45, 2.75) is 246 Å². The van der Waals surface area contributed by atoms with Crippen molar-refractivity contribution in [3.8, 4) is 0 Å². The predicted molar refractivity (Wildman–Crippen MR) is 241 cm³/mol. The normalized spacial score (nSPS) is 12.9. The van der Waals surface area contributed by atoms with E-state index in [0.717, 1.165) is 12.8 Å². The maximum absolute atomic E-state index is 2.63. The summed E-state index contributed by atoms with van der Waals surface area (Å²) in [4.78, 5) is 0. The van der Waals surface area contributed by atoms with E-state index in [1.807, 2.05) is 0 Å². The molecule has 301 valence electrons. The number of allylic oxidation sites excluding steroid dienone is 2. The standard InChI is InChI=1S/C53H89/c1-7-13-15-16-17-18-19-20-21-22-23-24-25-26-27-28-29-30-31-37-49(53-43-41-47(33-10-4)51(45-53)35-12-6)39-38-48(36-14-8-2)52-42-40-46(32-9-3)50(44-52)34-11-5/h14,38-45,48-49H,7-13,15-37H2,1-6H3. The minimum Gasteiger partial charge on any atom is -0.0804 e. The SMILES string of the molecule is CC[CH]CC(C=CC(CCCCCCCCCCCCCCCCCCCCC)c1ccc(CCC)c(CCC)c1)c1ccc(CCC)c(CCC)c1. The van der Waals surface area contributed by atoms with Crippen LogP contribution >= 0.6 is 0 Å². The van der Waals surface area contributed by atoms with Crippen molar-refractivity contribution in [1.82, 2.24) is 0 Å². The van der Waals surface area contributed by atoms with Gasteiger partial charge in [0.15, 0.2) is 0 Å². The lowest BCUT2D eigenvalue weighted by molar-refractivity contribution is 0.520. The Kier molecular flexibility index (Phi) is 29.0. The number of rotatable bonds is 35. The van der Waals surface area contributed by atoms with Gasteiger partial charge in [-0.3, -0.25) is 0 Å². The molecule has 53 heavy (non-hydrogen) atoms. The molecule has 2 aromatic rings. The van der Waals surface area contributed by atoms with Gasteiger partial charge in [0.2, 0.25) is 0 Å². The highest BCUT2D eigenvalue weighted by molar-refractivity contribution is 5.38. The Balaban J connectivity index is 1.92. The van der Waals surface area contributed by atoms with Gasteiger partial charge in [0.1, 0.15) is 0 Å². The molecule has 0 aromatic heterocycles. The molecule has 0 heteroatoms. The molecule has 2 aromatic carbocycles. The third-order valence-corrected chi connectivity index (χ3v) is 11.8. The molecule has 0 aliphatic rings. The lowest BCUT2D eigenvalue weighted by Crippen LogP contribution is -2.03. The van der Waals surface area contributed by atoms with Crippen LogP contribution in [0.25, 0.3) is 0 Å². The number of hydrogen-bond donors (Lipinski definition) is 0. The fraction of sp³-hybridized carbons (Fsp3) is 0.717. The lowest BCUT2D eigenvalue weighted by atomic mass is 9.85. The zero-order chi connectivity index (χ0) is 38.2. The van der Waals surface area contributed by atoms with Crippen molar-refractivity contribution < 1.29 is 0 Å². The molecular formula is C53H89. The van der Waals surface area contributed by atoms with Crippen LogP contribution in [0.3, 0.4) is 0 Å². The Morgan fingerprint density at radius 2 is 0.736 bits per heavy atom. The summed E-state index contributed by atoms with van der Waals surface area (Å²) in [5, 5.41) is 0. The van der Waals surface area contributed by atoms with Gasteiger partial charge in [-0.15, -0.1) is 0 Å². The summed E-state index contributed by atoms with van der Waals surface area (Å²) in [6.45, 7) is 13.9. The van der Waals surface area contributed by atoms with Crippen LogP contribution < -0.4 is 0 Å². The van der Waals surface area contributed by atoms with Crippen LogP contribution in [0.2, 0.25) is 0 Å². The van der Waals surface area contributed by atoms with Gasteiger partial charge < -0.3 is 0 Å². The van der Waals surface area contributed by atoms with E-state index in [0.29, 0.717) is 11.8 Å². The molecule has 0 spiro atoms. The van der Waals surface area contributed by atoms with E-state index in [9.17, 15) is 0 Å². The van der Waals surface area contributed by atoms with Crippen molar-refractivity contribution in [2.24, 2.45) is 0 Å². The first-order valence-electron chi connectivity index (χ1n) is 23.8. The summed E-state index contributed by atoms with van der Waals surface area (Å²) in [7, 11) is 0. The Hall–Kier alpha value is -1.82. The van der Waals surface area contributed by atoms with Gasteiger partial charge in [-0.05, 0) is 78.3 Å². The van der Waals surface area contributed by atoms with Crippen molar-refractivity contribution in [3.05, 3.63) is 88.4 Å². The van der Waals surface area contributed by atoms with Crippen molar-refractivity contribution in [3.63, 3.8) is 0 Å². The molecule has 2 atom stereocenters. The van der Waals surface area contributed by atoms with Gasteiger partial charge in [0, 0.05) is 11.8 Å². The molecule has 0 fully saturated rings.